The van der Waals surface area contributed by atoms with E-state index in [4.69, 9.17) is 10.5 Å². The van der Waals surface area contributed by atoms with Crippen LogP contribution in [0.15, 0.2) is 0 Å². The van der Waals surface area contributed by atoms with E-state index in [1.807, 2.05) is 20.8 Å². The van der Waals surface area contributed by atoms with E-state index < -0.39 is 6.10 Å². The molecule has 0 saturated heterocycles. The SMILES string of the molecule is CCC(C)(C)NC(=O)C(C)OC1(CN)CCCCCC1. The highest BCUT2D eigenvalue weighted by molar-refractivity contribution is 5.81. The van der Waals surface area contributed by atoms with Crippen LogP contribution in [0.3, 0.4) is 0 Å². The van der Waals surface area contributed by atoms with Crippen LogP contribution in [-0.2, 0) is 9.53 Å². The average molecular weight is 284 g/mol. The van der Waals surface area contributed by atoms with Gasteiger partial charge in [-0.25, -0.2) is 0 Å². The Hall–Kier alpha value is -0.610. The number of rotatable bonds is 6. The monoisotopic (exact) mass is 284 g/mol. The van der Waals surface area contributed by atoms with Crippen molar-refractivity contribution in [3.05, 3.63) is 0 Å². The molecule has 0 aromatic carbocycles. The quantitative estimate of drug-likeness (QED) is 0.737. The molecule has 4 nitrogen and oxygen atoms in total. The Morgan fingerprint density at radius 2 is 1.85 bits per heavy atom. The molecule has 0 spiro atoms. The van der Waals surface area contributed by atoms with E-state index in [0.29, 0.717) is 6.54 Å². The van der Waals surface area contributed by atoms with Crippen LogP contribution in [0.1, 0.15) is 72.6 Å². The molecule has 118 valence electrons. The number of ether oxygens (including phenoxy) is 1. The predicted molar refractivity (Wildman–Crippen MR) is 82.5 cm³/mol. The summed E-state index contributed by atoms with van der Waals surface area (Å²) < 4.78 is 6.12. The fourth-order valence-electron chi connectivity index (χ4n) is 2.70. The summed E-state index contributed by atoms with van der Waals surface area (Å²) >= 11 is 0. The highest BCUT2D eigenvalue weighted by Crippen LogP contribution is 2.31. The molecule has 4 heteroatoms. The molecule has 3 N–H and O–H groups in total. The zero-order valence-corrected chi connectivity index (χ0v) is 13.6. The second kappa shape index (κ2) is 7.41. The van der Waals surface area contributed by atoms with E-state index in [2.05, 4.69) is 12.2 Å². The van der Waals surface area contributed by atoms with Crippen molar-refractivity contribution in [2.75, 3.05) is 6.54 Å². The molecule has 1 aliphatic rings. The van der Waals surface area contributed by atoms with Gasteiger partial charge in [0.2, 0.25) is 5.91 Å². The summed E-state index contributed by atoms with van der Waals surface area (Å²) in [7, 11) is 0. The van der Waals surface area contributed by atoms with Crippen LogP contribution in [0, 0.1) is 0 Å². The lowest BCUT2D eigenvalue weighted by atomic mass is 9.94. The summed E-state index contributed by atoms with van der Waals surface area (Å²) in [5.41, 5.74) is 5.46. The number of nitrogens with one attached hydrogen (secondary N) is 1. The second-order valence-electron chi connectivity index (χ2n) is 6.79. The van der Waals surface area contributed by atoms with Crippen molar-refractivity contribution >= 4 is 5.91 Å². The Morgan fingerprint density at radius 3 is 2.30 bits per heavy atom. The van der Waals surface area contributed by atoms with Crippen molar-refractivity contribution in [3.63, 3.8) is 0 Å². The average Bonchev–Trinajstić information content (AvgIpc) is 2.64. The van der Waals surface area contributed by atoms with Crippen LogP contribution in [0.25, 0.3) is 0 Å². The van der Waals surface area contributed by atoms with E-state index in [1.54, 1.807) is 0 Å². The number of nitrogens with two attached hydrogens (primary N) is 1. The number of amides is 1. The lowest BCUT2D eigenvalue weighted by Crippen LogP contribution is -2.51. The van der Waals surface area contributed by atoms with E-state index >= 15 is 0 Å². The van der Waals surface area contributed by atoms with Crippen molar-refractivity contribution in [1.29, 1.82) is 0 Å². The van der Waals surface area contributed by atoms with Crippen LogP contribution in [0.2, 0.25) is 0 Å². The Balaban J connectivity index is 2.62. The van der Waals surface area contributed by atoms with Gasteiger partial charge in [-0.05, 0) is 40.0 Å². The summed E-state index contributed by atoms with van der Waals surface area (Å²) in [4.78, 5) is 12.3. The van der Waals surface area contributed by atoms with E-state index in [0.717, 1.165) is 32.1 Å². The first-order chi connectivity index (χ1) is 9.34. The van der Waals surface area contributed by atoms with Crippen LogP contribution in [-0.4, -0.2) is 29.7 Å². The minimum atomic E-state index is -0.442. The van der Waals surface area contributed by atoms with Crippen LogP contribution in [0.5, 0.6) is 0 Å². The molecule has 1 rings (SSSR count). The van der Waals surface area contributed by atoms with Gasteiger partial charge in [-0.3, -0.25) is 4.79 Å². The molecule has 0 aliphatic heterocycles. The minimum absolute atomic E-state index is 0.0334. The maximum absolute atomic E-state index is 12.3. The zero-order chi connectivity index (χ0) is 15.2. The van der Waals surface area contributed by atoms with Crippen molar-refractivity contribution in [1.82, 2.24) is 5.32 Å². The summed E-state index contributed by atoms with van der Waals surface area (Å²) in [6.45, 7) is 8.47. The predicted octanol–water partition coefficient (Wildman–Crippen LogP) is 2.75. The fourth-order valence-corrected chi connectivity index (χ4v) is 2.70. The minimum Gasteiger partial charge on any atom is -0.361 e. The molecule has 0 heterocycles. The van der Waals surface area contributed by atoms with E-state index in [9.17, 15) is 4.79 Å². The Bertz CT molecular complexity index is 308. The molecule has 20 heavy (non-hydrogen) atoms. The smallest absolute Gasteiger partial charge is 0.249 e. The van der Waals surface area contributed by atoms with Gasteiger partial charge in [-0.1, -0.05) is 32.6 Å². The van der Waals surface area contributed by atoms with Crippen LogP contribution in [0.4, 0.5) is 0 Å². The van der Waals surface area contributed by atoms with Gasteiger partial charge < -0.3 is 15.8 Å². The van der Waals surface area contributed by atoms with Crippen molar-refractivity contribution in [2.24, 2.45) is 5.73 Å². The van der Waals surface area contributed by atoms with E-state index in [1.165, 1.54) is 12.8 Å². The Morgan fingerprint density at radius 1 is 1.30 bits per heavy atom. The molecule has 1 amide bonds. The van der Waals surface area contributed by atoms with Gasteiger partial charge in [0.1, 0.15) is 6.10 Å². The molecule has 0 radical (unpaired) electrons. The summed E-state index contributed by atoms with van der Waals surface area (Å²) in [6, 6.07) is 0. The normalized spacial score (nSPS) is 21.1. The molecule has 1 unspecified atom stereocenters. The second-order valence-corrected chi connectivity index (χ2v) is 6.79. The van der Waals surface area contributed by atoms with Gasteiger partial charge in [0.15, 0.2) is 0 Å². The molecule has 0 aromatic rings. The summed E-state index contributed by atoms with van der Waals surface area (Å²) in [6.07, 6.45) is 7.17. The largest absolute Gasteiger partial charge is 0.361 e. The molecule has 0 aromatic heterocycles. The Labute approximate surface area is 123 Å². The van der Waals surface area contributed by atoms with E-state index in [-0.39, 0.29) is 17.0 Å². The van der Waals surface area contributed by atoms with Gasteiger partial charge in [-0.15, -0.1) is 0 Å². The summed E-state index contributed by atoms with van der Waals surface area (Å²) in [5.74, 6) is -0.0334. The first-order valence-electron chi connectivity index (χ1n) is 8.04. The molecular formula is C16H32N2O2. The molecule has 1 aliphatic carbocycles. The number of carbonyl (C=O) groups is 1. The first-order valence-corrected chi connectivity index (χ1v) is 8.04. The summed E-state index contributed by atoms with van der Waals surface area (Å²) in [5, 5.41) is 3.05. The highest BCUT2D eigenvalue weighted by atomic mass is 16.5. The molecule has 1 atom stereocenters. The number of hydrogen-bond donors (Lipinski definition) is 2. The van der Waals surface area contributed by atoms with Gasteiger partial charge in [0.25, 0.3) is 0 Å². The lowest BCUT2D eigenvalue weighted by molar-refractivity contribution is -0.148. The Kier molecular flexibility index (Phi) is 6.46. The third kappa shape index (κ3) is 5.06. The van der Waals surface area contributed by atoms with Crippen molar-refractivity contribution in [3.8, 4) is 0 Å². The third-order valence-electron chi connectivity index (χ3n) is 4.53. The highest BCUT2D eigenvalue weighted by Gasteiger charge is 2.34. The van der Waals surface area contributed by atoms with Crippen molar-refractivity contribution in [2.45, 2.75) is 89.9 Å². The van der Waals surface area contributed by atoms with Gasteiger partial charge in [0.05, 0.1) is 5.60 Å². The van der Waals surface area contributed by atoms with Crippen LogP contribution < -0.4 is 11.1 Å². The first kappa shape index (κ1) is 17.4. The number of hydrogen-bond acceptors (Lipinski definition) is 3. The van der Waals surface area contributed by atoms with Gasteiger partial charge >= 0.3 is 0 Å². The topological polar surface area (TPSA) is 64.3 Å². The third-order valence-corrected chi connectivity index (χ3v) is 4.53. The lowest BCUT2D eigenvalue weighted by Gasteiger charge is -2.35. The maximum atomic E-state index is 12.3. The molecule has 1 saturated carbocycles. The zero-order valence-electron chi connectivity index (χ0n) is 13.6. The van der Waals surface area contributed by atoms with Crippen molar-refractivity contribution < 1.29 is 9.53 Å². The standard InChI is InChI=1S/C16H32N2O2/c1-5-15(3,4)18-14(19)13(2)20-16(12-17)10-8-6-7-9-11-16/h13H,5-12,17H2,1-4H3,(H,18,19). The molecule has 0 bridgehead atoms. The molecule has 1 fully saturated rings. The molecular weight excluding hydrogens is 252 g/mol. The number of carbonyl (C=O) groups excluding carboxylic acids is 1. The van der Waals surface area contributed by atoms with Crippen LogP contribution >= 0.6 is 0 Å². The van der Waals surface area contributed by atoms with Gasteiger partial charge in [-0.2, -0.15) is 0 Å². The maximum Gasteiger partial charge on any atom is 0.249 e. The van der Waals surface area contributed by atoms with Gasteiger partial charge in [0, 0.05) is 12.1 Å². The fraction of sp³-hybridized carbons (Fsp3) is 0.938.